The third-order valence-electron chi connectivity index (χ3n) is 11.7. The normalized spacial score (nSPS) is 54.9. The van der Waals surface area contributed by atoms with Gasteiger partial charge in [-0.05, 0) is 116 Å². The largest absolute Gasteiger partial charge is 0.124 e. The molecule has 7 unspecified atom stereocenters. The van der Waals surface area contributed by atoms with Gasteiger partial charge in [0.25, 0.3) is 0 Å². The lowest BCUT2D eigenvalue weighted by Crippen LogP contribution is -2.56. The Balaban J connectivity index is 0.000000932. The topological polar surface area (TPSA) is 0 Å². The van der Waals surface area contributed by atoms with Gasteiger partial charge in [-0.3, -0.25) is 0 Å². The molecule has 5 rings (SSSR count). The van der Waals surface area contributed by atoms with Crippen LogP contribution in [0.15, 0.2) is 0 Å². The number of fused-ring (bicyclic) bond motifs is 4. The van der Waals surface area contributed by atoms with Crippen molar-refractivity contribution in [3.05, 3.63) is 0 Å². The first-order chi connectivity index (χ1) is 13.4. The summed E-state index contributed by atoms with van der Waals surface area (Å²) in [5.41, 5.74) is 2.15. The molecule has 5 saturated carbocycles. The molecule has 5 aliphatic rings. The van der Waals surface area contributed by atoms with Gasteiger partial charge in [-0.25, -0.2) is 0 Å². The van der Waals surface area contributed by atoms with Gasteiger partial charge in [-0.15, -0.1) is 12.8 Å². The van der Waals surface area contributed by atoms with Crippen LogP contribution in [-0.2, 0) is 0 Å². The zero-order valence-corrected chi connectivity index (χ0v) is 19.3. The average Bonchev–Trinajstić information content (AvgIpc) is 3.11. The molecule has 0 radical (unpaired) electrons. The summed E-state index contributed by atoms with van der Waals surface area (Å²) in [4.78, 5) is 0. The zero-order chi connectivity index (χ0) is 20.2. The minimum atomic E-state index is 0.668. The van der Waals surface area contributed by atoms with E-state index in [4.69, 9.17) is 0 Å². The van der Waals surface area contributed by atoms with Crippen molar-refractivity contribution in [1.29, 1.82) is 0 Å². The Morgan fingerprint density at radius 1 is 0.821 bits per heavy atom. The van der Waals surface area contributed by atoms with Gasteiger partial charge in [0.1, 0.15) is 0 Å². The summed E-state index contributed by atoms with van der Waals surface area (Å²) in [6.45, 7) is 10.4. The first kappa shape index (κ1) is 20.8. The van der Waals surface area contributed by atoms with Gasteiger partial charge < -0.3 is 0 Å². The molecule has 0 bridgehead atoms. The lowest BCUT2D eigenvalue weighted by atomic mass is 9.41. The number of rotatable bonds is 1. The Bertz CT molecular complexity index is 588. The molecule has 5 aliphatic carbocycles. The quantitative estimate of drug-likeness (QED) is 0.402. The van der Waals surface area contributed by atoms with Gasteiger partial charge in [-0.1, -0.05) is 47.0 Å². The molecular weight excluding hydrogens is 336 g/mol. The van der Waals surface area contributed by atoms with E-state index in [0.717, 1.165) is 40.9 Å². The second-order valence-corrected chi connectivity index (χ2v) is 12.3. The second-order valence-electron chi connectivity index (χ2n) is 12.3. The molecule has 0 nitrogen and oxygen atoms in total. The molecule has 0 aromatic rings. The lowest BCUT2D eigenvalue weighted by molar-refractivity contribution is -0.144. The standard InChI is InChI=1S/C26H44.C2H2/c1-5-24(3)13-6-14-26-16-12-21-20(22(26)9-10-23(24)26)8-7-19-17-18(2)11-15-25(19,21)4;1-2/h18-23H,5-17H2,1-4H3;1-2H/t18-,19?,20?,21?,22?,23?,24-,25?,26?;/m1./s1. The maximum Gasteiger partial charge on any atom is -0.0233 e. The van der Waals surface area contributed by atoms with E-state index < -0.39 is 0 Å². The Morgan fingerprint density at radius 2 is 1.61 bits per heavy atom. The monoisotopic (exact) mass is 382 g/mol. The Kier molecular flexibility index (Phi) is 5.47. The van der Waals surface area contributed by atoms with E-state index in [9.17, 15) is 0 Å². The summed E-state index contributed by atoms with van der Waals surface area (Å²) < 4.78 is 0. The lowest BCUT2D eigenvalue weighted by Gasteiger charge is -2.64. The van der Waals surface area contributed by atoms with Crippen LogP contribution in [0.5, 0.6) is 0 Å². The number of hydrogen-bond acceptors (Lipinski definition) is 0. The van der Waals surface area contributed by atoms with Crippen molar-refractivity contribution in [2.24, 2.45) is 51.8 Å². The molecule has 0 heterocycles. The fraction of sp³-hybridized carbons (Fsp3) is 0.929. The Hall–Kier alpha value is -0.440. The third kappa shape index (κ3) is 2.77. The Morgan fingerprint density at radius 3 is 2.36 bits per heavy atom. The molecule has 9 atom stereocenters. The van der Waals surface area contributed by atoms with Crippen LogP contribution in [0, 0.1) is 64.6 Å². The Labute approximate surface area is 176 Å². The summed E-state index contributed by atoms with van der Waals surface area (Å²) in [5.74, 6) is 6.41. The van der Waals surface area contributed by atoms with E-state index in [2.05, 4.69) is 40.5 Å². The van der Waals surface area contributed by atoms with Crippen molar-refractivity contribution in [3.8, 4) is 12.8 Å². The predicted octanol–water partition coefficient (Wildman–Crippen LogP) is 8.11. The minimum absolute atomic E-state index is 0.668. The summed E-state index contributed by atoms with van der Waals surface area (Å²) in [5, 5.41) is 0. The van der Waals surface area contributed by atoms with Crippen molar-refractivity contribution in [2.75, 3.05) is 0 Å². The van der Waals surface area contributed by atoms with Crippen LogP contribution < -0.4 is 0 Å². The summed E-state index contributed by atoms with van der Waals surface area (Å²) in [7, 11) is 0. The number of terminal acetylenes is 1. The highest BCUT2D eigenvalue weighted by molar-refractivity contribution is 5.13. The molecule has 0 aliphatic heterocycles. The van der Waals surface area contributed by atoms with E-state index in [1.165, 1.54) is 25.7 Å². The van der Waals surface area contributed by atoms with E-state index in [0.29, 0.717) is 10.8 Å². The predicted molar refractivity (Wildman–Crippen MR) is 121 cm³/mol. The third-order valence-corrected chi connectivity index (χ3v) is 11.7. The molecule has 158 valence electrons. The second kappa shape index (κ2) is 7.36. The fourth-order valence-electron chi connectivity index (χ4n) is 10.2. The van der Waals surface area contributed by atoms with Gasteiger partial charge in [0, 0.05) is 0 Å². The molecule has 0 N–H and O–H groups in total. The van der Waals surface area contributed by atoms with Crippen LogP contribution in [0.2, 0.25) is 0 Å². The first-order valence-electron chi connectivity index (χ1n) is 12.8. The van der Waals surface area contributed by atoms with Crippen molar-refractivity contribution in [1.82, 2.24) is 0 Å². The van der Waals surface area contributed by atoms with Crippen LogP contribution in [0.4, 0.5) is 0 Å². The fourth-order valence-corrected chi connectivity index (χ4v) is 10.2. The van der Waals surface area contributed by atoms with Crippen LogP contribution in [0.25, 0.3) is 0 Å². The highest BCUT2D eigenvalue weighted by Crippen LogP contribution is 2.73. The van der Waals surface area contributed by atoms with E-state index in [1.54, 1.807) is 57.8 Å². The van der Waals surface area contributed by atoms with Crippen molar-refractivity contribution in [2.45, 2.75) is 111 Å². The molecule has 0 heteroatoms. The molecular formula is C28H46. The molecule has 0 aromatic carbocycles. The molecule has 1 spiro atoms. The highest BCUT2D eigenvalue weighted by Gasteiger charge is 2.64. The molecule has 0 amide bonds. The highest BCUT2D eigenvalue weighted by atomic mass is 14.7. The summed E-state index contributed by atoms with van der Waals surface area (Å²) in [6.07, 6.45) is 28.2. The summed E-state index contributed by atoms with van der Waals surface area (Å²) in [6, 6.07) is 0. The van der Waals surface area contributed by atoms with Crippen LogP contribution >= 0.6 is 0 Å². The van der Waals surface area contributed by atoms with Crippen LogP contribution in [0.3, 0.4) is 0 Å². The molecule has 0 saturated heterocycles. The van der Waals surface area contributed by atoms with Gasteiger partial charge >= 0.3 is 0 Å². The molecule has 5 fully saturated rings. The van der Waals surface area contributed by atoms with Crippen LogP contribution in [-0.4, -0.2) is 0 Å². The van der Waals surface area contributed by atoms with Gasteiger partial charge in [-0.2, -0.15) is 0 Å². The van der Waals surface area contributed by atoms with E-state index in [1.807, 2.05) is 0 Å². The van der Waals surface area contributed by atoms with Gasteiger partial charge in [0.05, 0.1) is 0 Å². The van der Waals surface area contributed by atoms with Crippen LogP contribution in [0.1, 0.15) is 111 Å². The molecule has 28 heavy (non-hydrogen) atoms. The maximum atomic E-state index is 4.00. The van der Waals surface area contributed by atoms with Crippen molar-refractivity contribution >= 4 is 0 Å². The van der Waals surface area contributed by atoms with Gasteiger partial charge in [0.2, 0.25) is 0 Å². The SMILES string of the molecule is C#C.CC[C@]1(C)CCCC23CCC4C(CCC5C[C@H](C)CCC54C)C2CCC31. The minimum Gasteiger partial charge on any atom is -0.124 e. The smallest absolute Gasteiger partial charge is 0.0233 e. The van der Waals surface area contributed by atoms with Gasteiger partial charge in [0.15, 0.2) is 0 Å². The maximum absolute atomic E-state index is 4.00. The summed E-state index contributed by atoms with van der Waals surface area (Å²) >= 11 is 0. The van der Waals surface area contributed by atoms with E-state index >= 15 is 0 Å². The zero-order valence-electron chi connectivity index (χ0n) is 19.3. The molecule has 0 aromatic heterocycles. The van der Waals surface area contributed by atoms with Crippen molar-refractivity contribution < 1.29 is 0 Å². The number of hydrogen-bond donors (Lipinski definition) is 0. The first-order valence-corrected chi connectivity index (χ1v) is 12.8. The average molecular weight is 383 g/mol. The van der Waals surface area contributed by atoms with E-state index in [-0.39, 0.29) is 0 Å². The van der Waals surface area contributed by atoms with Crippen molar-refractivity contribution in [3.63, 3.8) is 0 Å².